The fourth-order valence-corrected chi connectivity index (χ4v) is 2.39. The molecular weight excluding hydrogens is 279 g/mol. The normalized spacial score (nSPS) is 10.7. The van der Waals surface area contributed by atoms with Crippen molar-refractivity contribution in [3.63, 3.8) is 0 Å². The van der Waals surface area contributed by atoms with Gasteiger partial charge in [0, 0.05) is 22.5 Å². The maximum absolute atomic E-state index is 13.1. The molecule has 2 aromatic heterocycles. The van der Waals surface area contributed by atoms with Gasteiger partial charge in [-0.15, -0.1) is 0 Å². The van der Waals surface area contributed by atoms with E-state index >= 15 is 0 Å². The molecule has 0 atom stereocenters. The predicted molar refractivity (Wildman–Crippen MR) is 84.5 cm³/mol. The standard InChI is InChI=1S/C17H15FN4/c1-10-7-13(8-11(2)21-10)16-17(22-15(19)9-20-16)12-3-5-14(18)6-4-12/h3-9H,1-2H3,(H2,19,22). The number of rotatable bonds is 2. The molecule has 4 nitrogen and oxygen atoms in total. The number of anilines is 1. The molecule has 0 aliphatic heterocycles. The van der Waals surface area contributed by atoms with Crippen LogP contribution >= 0.6 is 0 Å². The molecule has 2 N–H and O–H groups in total. The number of hydrogen-bond acceptors (Lipinski definition) is 4. The highest BCUT2D eigenvalue weighted by Gasteiger charge is 2.12. The number of pyridine rings is 1. The monoisotopic (exact) mass is 294 g/mol. The number of aromatic nitrogens is 3. The van der Waals surface area contributed by atoms with Crippen LogP contribution in [0.25, 0.3) is 22.5 Å². The van der Waals surface area contributed by atoms with E-state index in [0.717, 1.165) is 22.5 Å². The molecule has 3 rings (SSSR count). The number of hydrogen-bond donors (Lipinski definition) is 1. The van der Waals surface area contributed by atoms with E-state index in [1.54, 1.807) is 12.1 Å². The molecule has 1 aromatic carbocycles. The summed E-state index contributed by atoms with van der Waals surface area (Å²) in [5, 5.41) is 0. The first-order chi connectivity index (χ1) is 10.5. The molecule has 0 amide bonds. The highest BCUT2D eigenvalue weighted by molar-refractivity contribution is 5.78. The van der Waals surface area contributed by atoms with Crippen LogP contribution in [-0.4, -0.2) is 15.0 Å². The lowest BCUT2D eigenvalue weighted by molar-refractivity contribution is 0.628. The van der Waals surface area contributed by atoms with Gasteiger partial charge in [0.05, 0.1) is 17.6 Å². The molecular formula is C17H15FN4. The van der Waals surface area contributed by atoms with Crippen LogP contribution in [0.15, 0.2) is 42.6 Å². The van der Waals surface area contributed by atoms with Gasteiger partial charge in [0.2, 0.25) is 0 Å². The summed E-state index contributed by atoms with van der Waals surface area (Å²) < 4.78 is 13.1. The minimum atomic E-state index is -0.294. The Hall–Kier alpha value is -2.82. The van der Waals surface area contributed by atoms with E-state index in [9.17, 15) is 4.39 Å². The largest absolute Gasteiger partial charge is 0.382 e. The summed E-state index contributed by atoms with van der Waals surface area (Å²) in [5.41, 5.74) is 10.6. The molecule has 0 radical (unpaired) electrons. The Balaban J connectivity index is 2.22. The average molecular weight is 294 g/mol. The van der Waals surface area contributed by atoms with Gasteiger partial charge in [0.15, 0.2) is 0 Å². The van der Waals surface area contributed by atoms with Gasteiger partial charge < -0.3 is 5.73 Å². The molecule has 0 bridgehead atoms. The number of halogens is 1. The lowest BCUT2D eigenvalue weighted by Crippen LogP contribution is -1.99. The smallest absolute Gasteiger partial charge is 0.142 e. The number of benzene rings is 1. The molecule has 0 aliphatic carbocycles. The van der Waals surface area contributed by atoms with Gasteiger partial charge >= 0.3 is 0 Å². The summed E-state index contributed by atoms with van der Waals surface area (Å²) in [4.78, 5) is 13.2. The fraction of sp³-hybridized carbons (Fsp3) is 0.118. The van der Waals surface area contributed by atoms with Crippen molar-refractivity contribution in [2.75, 3.05) is 5.73 Å². The Kier molecular flexibility index (Phi) is 3.55. The third kappa shape index (κ3) is 2.79. The van der Waals surface area contributed by atoms with E-state index in [2.05, 4.69) is 15.0 Å². The van der Waals surface area contributed by atoms with Gasteiger partial charge in [0.1, 0.15) is 11.6 Å². The molecule has 5 heteroatoms. The maximum Gasteiger partial charge on any atom is 0.142 e. The summed E-state index contributed by atoms with van der Waals surface area (Å²) >= 11 is 0. The predicted octanol–water partition coefficient (Wildman–Crippen LogP) is 3.54. The molecule has 22 heavy (non-hydrogen) atoms. The van der Waals surface area contributed by atoms with Crippen LogP contribution < -0.4 is 5.73 Å². The molecule has 0 saturated carbocycles. The van der Waals surface area contributed by atoms with E-state index in [4.69, 9.17) is 5.73 Å². The van der Waals surface area contributed by atoms with Crippen LogP contribution in [0.1, 0.15) is 11.4 Å². The van der Waals surface area contributed by atoms with Crippen LogP contribution in [0.2, 0.25) is 0 Å². The first kappa shape index (κ1) is 14.1. The highest BCUT2D eigenvalue weighted by Crippen LogP contribution is 2.30. The van der Waals surface area contributed by atoms with Crippen molar-refractivity contribution in [3.8, 4) is 22.5 Å². The van der Waals surface area contributed by atoms with Crippen molar-refractivity contribution in [1.82, 2.24) is 15.0 Å². The van der Waals surface area contributed by atoms with Gasteiger partial charge in [-0.05, 0) is 50.2 Å². The SMILES string of the molecule is Cc1cc(-c2ncc(N)nc2-c2ccc(F)cc2)cc(C)n1. The Morgan fingerprint density at radius 1 is 0.864 bits per heavy atom. The first-order valence-corrected chi connectivity index (χ1v) is 6.87. The second-order valence-electron chi connectivity index (χ2n) is 5.14. The zero-order valence-electron chi connectivity index (χ0n) is 12.3. The zero-order chi connectivity index (χ0) is 15.7. The van der Waals surface area contributed by atoms with E-state index in [0.29, 0.717) is 17.2 Å². The molecule has 110 valence electrons. The Morgan fingerprint density at radius 2 is 1.50 bits per heavy atom. The molecule has 0 unspecified atom stereocenters. The second-order valence-corrected chi connectivity index (χ2v) is 5.14. The number of nitrogens with zero attached hydrogens (tertiary/aromatic N) is 3. The summed E-state index contributed by atoms with van der Waals surface area (Å²) in [5.74, 6) is 0.0309. The van der Waals surface area contributed by atoms with Crippen molar-refractivity contribution in [2.24, 2.45) is 0 Å². The zero-order valence-corrected chi connectivity index (χ0v) is 12.3. The van der Waals surface area contributed by atoms with E-state index in [-0.39, 0.29) is 5.82 Å². The second kappa shape index (κ2) is 5.52. The molecule has 0 fully saturated rings. The van der Waals surface area contributed by atoms with Crippen molar-refractivity contribution in [1.29, 1.82) is 0 Å². The lowest BCUT2D eigenvalue weighted by Gasteiger charge is -2.10. The van der Waals surface area contributed by atoms with Crippen molar-refractivity contribution in [3.05, 3.63) is 59.8 Å². The van der Waals surface area contributed by atoms with Crippen molar-refractivity contribution < 1.29 is 4.39 Å². The summed E-state index contributed by atoms with van der Waals surface area (Å²) in [6, 6.07) is 10.0. The van der Waals surface area contributed by atoms with Crippen LogP contribution in [0.3, 0.4) is 0 Å². The summed E-state index contributed by atoms with van der Waals surface area (Å²) in [6.07, 6.45) is 1.52. The lowest BCUT2D eigenvalue weighted by atomic mass is 10.0. The quantitative estimate of drug-likeness (QED) is 0.785. The van der Waals surface area contributed by atoms with Gasteiger partial charge in [-0.2, -0.15) is 0 Å². The Bertz CT molecular complexity index is 808. The minimum absolute atomic E-state index is 0.294. The van der Waals surface area contributed by atoms with Gasteiger partial charge in [-0.3, -0.25) is 9.97 Å². The summed E-state index contributed by atoms with van der Waals surface area (Å²) in [6.45, 7) is 3.86. The molecule has 2 heterocycles. The number of aryl methyl sites for hydroxylation is 2. The third-order valence-corrected chi connectivity index (χ3v) is 3.26. The topological polar surface area (TPSA) is 64.7 Å². The molecule has 0 spiro atoms. The first-order valence-electron chi connectivity index (χ1n) is 6.87. The Labute approximate surface area is 127 Å². The minimum Gasteiger partial charge on any atom is -0.382 e. The van der Waals surface area contributed by atoms with Gasteiger partial charge in [-0.25, -0.2) is 9.37 Å². The van der Waals surface area contributed by atoms with E-state index < -0.39 is 0 Å². The fourth-order valence-electron chi connectivity index (χ4n) is 2.39. The van der Waals surface area contributed by atoms with Gasteiger partial charge in [0.25, 0.3) is 0 Å². The molecule has 3 aromatic rings. The van der Waals surface area contributed by atoms with Crippen LogP contribution in [0.4, 0.5) is 10.2 Å². The average Bonchev–Trinajstić information content (AvgIpc) is 2.47. The number of nitrogen functional groups attached to an aromatic ring is 1. The summed E-state index contributed by atoms with van der Waals surface area (Å²) in [7, 11) is 0. The van der Waals surface area contributed by atoms with Crippen LogP contribution in [-0.2, 0) is 0 Å². The van der Waals surface area contributed by atoms with Gasteiger partial charge in [-0.1, -0.05) is 0 Å². The molecule has 0 aliphatic rings. The number of nitrogens with two attached hydrogens (primary N) is 1. The van der Waals surface area contributed by atoms with Crippen LogP contribution in [0, 0.1) is 19.7 Å². The maximum atomic E-state index is 13.1. The Morgan fingerprint density at radius 3 is 2.14 bits per heavy atom. The highest BCUT2D eigenvalue weighted by atomic mass is 19.1. The van der Waals surface area contributed by atoms with Crippen LogP contribution in [0.5, 0.6) is 0 Å². The molecule has 0 saturated heterocycles. The third-order valence-electron chi connectivity index (χ3n) is 3.26. The van der Waals surface area contributed by atoms with Crippen molar-refractivity contribution in [2.45, 2.75) is 13.8 Å². The van der Waals surface area contributed by atoms with Crippen molar-refractivity contribution >= 4 is 5.82 Å². The van der Waals surface area contributed by atoms with E-state index in [1.807, 2.05) is 26.0 Å². The van der Waals surface area contributed by atoms with E-state index in [1.165, 1.54) is 18.3 Å².